The molecule has 1 fully saturated rings. The van der Waals surface area contributed by atoms with Gasteiger partial charge in [-0.3, -0.25) is 9.59 Å². The molecular formula is C20H28O4. The third-order valence-electron chi connectivity index (χ3n) is 6.77. The van der Waals surface area contributed by atoms with Crippen LogP contribution in [0.3, 0.4) is 0 Å². The maximum atomic E-state index is 13.1. The summed E-state index contributed by atoms with van der Waals surface area (Å²) in [4.78, 5) is 25.5. The smallest absolute Gasteiger partial charge is 0.187 e. The van der Waals surface area contributed by atoms with Gasteiger partial charge in [-0.15, -0.1) is 0 Å². The number of Topliss-reactive ketones (excluding diaryl/α,β-unsaturated/α-hetero) is 2. The molecule has 3 aliphatic rings. The Labute approximate surface area is 143 Å². The summed E-state index contributed by atoms with van der Waals surface area (Å²) in [6, 6.07) is 0. The van der Waals surface area contributed by atoms with Gasteiger partial charge in [0.2, 0.25) is 0 Å². The monoisotopic (exact) mass is 332 g/mol. The van der Waals surface area contributed by atoms with Crippen LogP contribution in [-0.2, 0) is 9.59 Å². The van der Waals surface area contributed by atoms with E-state index >= 15 is 0 Å². The van der Waals surface area contributed by atoms with E-state index in [0.717, 1.165) is 19.3 Å². The minimum absolute atomic E-state index is 0.0741. The van der Waals surface area contributed by atoms with E-state index in [4.69, 9.17) is 0 Å². The SMILES string of the molecule is C=C1C(=O)C2=C[C@H]1C[C@H](O)C(=O)[C@]1(C)CCCC(C)(C)[C@H]1C[C@H]2O. The van der Waals surface area contributed by atoms with Crippen LogP contribution in [0.25, 0.3) is 0 Å². The van der Waals surface area contributed by atoms with Gasteiger partial charge in [0.25, 0.3) is 0 Å². The summed E-state index contributed by atoms with van der Waals surface area (Å²) in [5.74, 6) is -0.784. The van der Waals surface area contributed by atoms with Crippen LogP contribution in [-0.4, -0.2) is 34.0 Å². The molecule has 2 bridgehead atoms. The van der Waals surface area contributed by atoms with E-state index in [0.29, 0.717) is 17.6 Å². The van der Waals surface area contributed by atoms with Crippen molar-refractivity contribution in [3.63, 3.8) is 0 Å². The Balaban J connectivity index is 2.08. The number of allylic oxidation sites excluding steroid dienone is 2. The number of aliphatic hydroxyl groups excluding tert-OH is 2. The normalized spacial score (nSPS) is 42.5. The van der Waals surface area contributed by atoms with E-state index in [1.807, 2.05) is 6.92 Å². The van der Waals surface area contributed by atoms with Gasteiger partial charge in [-0.25, -0.2) is 0 Å². The molecule has 0 saturated heterocycles. The molecule has 0 aromatic rings. The topological polar surface area (TPSA) is 74.6 Å². The highest BCUT2D eigenvalue weighted by molar-refractivity contribution is 6.11. The Morgan fingerprint density at radius 1 is 1.08 bits per heavy atom. The fourth-order valence-corrected chi connectivity index (χ4v) is 5.29. The lowest BCUT2D eigenvalue weighted by Crippen LogP contribution is -2.51. The summed E-state index contributed by atoms with van der Waals surface area (Å²) in [7, 11) is 0. The highest BCUT2D eigenvalue weighted by Gasteiger charge is 2.53. The largest absolute Gasteiger partial charge is 0.388 e. The molecule has 0 spiro atoms. The Bertz CT molecular complexity index is 630. The lowest BCUT2D eigenvalue weighted by molar-refractivity contribution is -0.149. The lowest BCUT2D eigenvalue weighted by Gasteiger charge is -2.51. The Morgan fingerprint density at radius 3 is 2.42 bits per heavy atom. The van der Waals surface area contributed by atoms with E-state index in [-0.39, 0.29) is 35.2 Å². The quantitative estimate of drug-likeness (QED) is 0.669. The van der Waals surface area contributed by atoms with Crippen LogP contribution in [0.4, 0.5) is 0 Å². The molecule has 3 rings (SSSR count). The standard InChI is InChI=1S/C20H28O4/c1-11-12-8-13(17(11)23)14(21)10-16-19(2,3)6-5-7-20(16,4)18(24)15(22)9-12/h8,12,14-16,21-22H,1,5-7,9-10H2,2-4H3/t12-,14+,15-,16+,20+/m0/s1. The van der Waals surface area contributed by atoms with Gasteiger partial charge >= 0.3 is 0 Å². The minimum atomic E-state index is -1.09. The molecule has 4 nitrogen and oxygen atoms in total. The molecule has 5 atom stereocenters. The molecule has 1 saturated carbocycles. The first-order valence-corrected chi connectivity index (χ1v) is 8.93. The predicted molar refractivity (Wildman–Crippen MR) is 91.2 cm³/mol. The lowest BCUT2D eigenvalue weighted by atomic mass is 9.52. The molecule has 3 aliphatic carbocycles. The fourth-order valence-electron chi connectivity index (χ4n) is 5.29. The molecule has 0 aromatic heterocycles. The van der Waals surface area contributed by atoms with Crippen molar-refractivity contribution in [2.24, 2.45) is 22.7 Å². The summed E-state index contributed by atoms with van der Waals surface area (Å²) in [5.41, 5.74) is -0.00846. The molecule has 24 heavy (non-hydrogen) atoms. The maximum absolute atomic E-state index is 13.1. The van der Waals surface area contributed by atoms with E-state index in [1.165, 1.54) is 0 Å². The maximum Gasteiger partial charge on any atom is 0.187 e. The second kappa shape index (κ2) is 5.63. The van der Waals surface area contributed by atoms with Crippen LogP contribution in [0.5, 0.6) is 0 Å². The van der Waals surface area contributed by atoms with Crippen molar-refractivity contribution < 1.29 is 19.8 Å². The summed E-state index contributed by atoms with van der Waals surface area (Å²) in [5, 5.41) is 21.3. The number of fused-ring (bicyclic) bond motifs is 2. The number of hydrogen-bond donors (Lipinski definition) is 2. The number of carbonyl (C=O) groups excluding carboxylic acids is 2. The average molecular weight is 332 g/mol. The van der Waals surface area contributed by atoms with Crippen LogP contribution >= 0.6 is 0 Å². The van der Waals surface area contributed by atoms with Crippen LogP contribution in [0.15, 0.2) is 23.8 Å². The summed E-state index contributed by atoms with van der Waals surface area (Å²) in [6.45, 7) is 10.0. The first kappa shape index (κ1) is 17.6. The van der Waals surface area contributed by atoms with Gasteiger partial charge in [-0.2, -0.15) is 0 Å². The van der Waals surface area contributed by atoms with Crippen molar-refractivity contribution in [2.75, 3.05) is 0 Å². The summed E-state index contributed by atoms with van der Waals surface area (Å²) >= 11 is 0. The molecule has 0 aromatic carbocycles. The van der Waals surface area contributed by atoms with Crippen molar-refractivity contribution >= 4 is 11.6 Å². The highest BCUT2D eigenvalue weighted by Crippen LogP contribution is 2.55. The molecule has 0 unspecified atom stereocenters. The number of hydrogen-bond acceptors (Lipinski definition) is 4. The van der Waals surface area contributed by atoms with E-state index in [2.05, 4.69) is 20.4 Å². The van der Waals surface area contributed by atoms with Gasteiger partial charge in [-0.05, 0) is 42.6 Å². The fraction of sp³-hybridized carbons (Fsp3) is 0.700. The average Bonchev–Trinajstić information content (AvgIpc) is 2.77. The van der Waals surface area contributed by atoms with Crippen molar-refractivity contribution in [3.8, 4) is 0 Å². The van der Waals surface area contributed by atoms with Crippen molar-refractivity contribution in [1.29, 1.82) is 0 Å². The van der Waals surface area contributed by atoms with Gasteiger partial charge in [0.15, 0.2) is 11.6 Å². The first-order valence-electron chi connectivity index (χ1n) is 8.93. The third kappa shape index (κ3) is 2.51. The Hall–Kier alpha value is -1.26. The number of rotatable bonds is 0. The molecule has 0 aliphatic heterocycles. The third-order valence-corrected chi connectivity index (χ3v) is 6.77. The van der Waals surface area contributed by atoms with Crippen molar-refractivity contribution in [3.05, 3.63) is 23.8 Å². The zero-order valence-corrected chi connectivity index (χ0v) is 14.8. The first-order chi connectivity index (χ1) is 11.1. The van der Waals surface area contributed by atoms with Crippen LogP contribution in [0.2, 0.25) is 0 Å². The molecule has 0 heterocycles. The molecule has 132 valence electrons. The zero-order chi connectivity index (χ0) is 17.9. The summed E-state index contributed by atoms with van der Waals surface area (Å²) in [6.07, 6.45) is 2.95. The van der Waals surface area contributed by atoms with E-state index in [1.54, 1.807) is 6.08 Å². The molecule has 0 radical (unpaired) electrons. The highest BCUT2D eigenvalue weighted by atomic mass is 16.3. The van der Waals surface area contributed by atoms with Crippen molar-refractivity contribution in [2.45, 2.75) is 65.1 Å². The zero-order valence-electron chi connectivity index (χ0n) is 14.8. The van der Waals surface area contributed by atoms with E-state index in [9.17, 15) is 19.8 Å². The minimum Gasteiger partial charge on any atom is -0.388 e. The molecule has 2 N–H and O–H groups in total. The summed E-state index contributed by atoms with van der Waals surface area (Å²) < 4.78 is 0. The van der Waals surface area contributed by atoms with Gasteiger partial charge < -0.3 is 10.2 Å². The number of aliphatic hydroxyl groups is 2. The van der Waals surface area contributed by atoms with Crippen LogP contribution in [0, 0.1) is 22.7 Å². The van der Waals surface area contributed by atoms with Gasteiger partial charge in [0, 0.05) is 16.9 Å². The number of ketones is 2. The van der Waals surface area contributed by atoms with E-state index < -0.39 is 17.6 Å². The Kier molecular flexibility index (Phi) is 4.12. The van der Waals surface area contributed by atoms with Crippen molar-refractivity contribution in [1.82, 2.24) is 0 Å². The predicted octanol–water partition coefficient (Wildman–Crippen LogP) is 2.59. The number of carbonyl (C=O) groups is 2. The Morgan fingerprint density at radius 2 is 1.75 bits per heavy atom. The second-order valence-corrected chi connectivity index (χ2v) is 8.76. The molecule has 0 amide bonds. The van der Waals surface area contributed by atoms with Gasteiger partial charge in [0.1, 0.15) is 6.10 Å². The van der Waals surface area contributed by atoms with Crippen LogP contribution in [0.1, 0.15) is 52.9 Å². The van der Waals surface area contributed by atoms with Crippen LogP contribution < -0.4 is 0 Å². The molecular weight excluding hydrogens is 304 g/mol. The second-order valence-electron chi connectivity index (χ2n) is 8.76. The van der Waals surface area contributed by atoms with Gasteiger partial charge in [-0.1, -0.05) is 39.8 Å². The molecule has 4 heteroatoms. The van der Waals surface area contributed by atoms with Gasteiger partial charge in [0.05, 0.1) is 6.10 Å².